The van der Waals surface area contributed by atoms with E-state index in [1.807, 2.05) is 38.2 Å². The predicted octanol–water partition coefficient (Wildman–Crippen LogP) is 2.83. The third-order valence-electron chi connectivity index (χ3n) is 3.15. The van der Waals surface area contributed by atoms with E-state index in [9.17, 15) is 0 Å². The fourth-order valence-electron chi connectivity index (χ4n) is 2.13. The number of aromatic nitrogens is 4. The molecule has 3 aromatic rings. The first kappa shape index (κ1) is 11.6. The Kier molecular flexibility index (Phi) is 2.87. The minimum atomic E-state index is 0.0513. The van der Waals surface area contributed by atoms with Crippen molar-refractivity contribution in [3.05, 3.63) is 48.2 Å². The molecule has 1 aromatic carbocycles. The second-order valence-electron chi connectivity index (χ2n) is 4.52. The van der Waals surface area contributed by atoms with Gasteiger partial charge in [0.1, 0.15) is 5.82 Å². The number of benzene rings is 1. The minimum Gasteiger partial charge on any atom is -0.358 e. The van der Waals surface area contributed by atoms with Crippen LogP contribution in [0.5, 0.6) is 0 Å². The largest absolute Gasteiger partial charge is 0.358 e. The number of nitrogens with zero attached hydrogens (tertiary/aromatic N) is 3. The van der Waals surface area contributed by atoms with Crippen molar-refractivity contribution in [3.63, 3.8) is 0 Å². The van der Waals surface area contributed by atoms with Crippen LogP contribution in [0.3, 0.4) is 0 Å². The van der Waals surface area contributed by atoms with E-state index in [4.69, 9.17) is 0 Å². The molecule has 5 heteroatoms. The molecule has 2 aromatic heterocycles. The highest BCUT2D eigenvalue weighted by molar-refractivity contribution is 5.92. The molecule has 0 aliphatic carbocycles. The third-order valence-corrected chi connectivity index (χ3v) is 3.15. The van der Waals surface area contributed by atoms with Crippen LogP contribution in [0, 0.1) is 6.92 Å². The molecule has 3 rings (SSSR count). The van der Waals surface area contributed by atoms with Crippen LogP contribution >= 0.6 is 0 Å². The van der Waals surface area contributed by atoms with Gasteiger partial charge in [0.2, 0.25) is 0 Å². The zero-order valence-electron chi connectivity index (χ0n) is 10.9. The molecule has 0 bridgehead atoms. The number of aryl methyl sites for hydroxylation is 1. The number of imidazole rings is 1. The monoisotopic (exact) mass is 253 g/mol. The van der Waals surface area contributed by atoms with E-state index in [2.05, 4.69) is 31.5 Å². The number of hydrogen-bond acceptors (Lipinski definition) is 4. The molecule has 0 saturated carbocycles. The highest BCUT2D eigenvalue weighted by atomic mass is 15.2. The van der Waals surface area contributed by atoms with Crippen LogP contribution in [0.2, 0.25) is 0 Å². The van der Waals surface area contributed by atoms with Crippen LogP contribution < -0.4 is 5.32 Å². The number of rotatable bonds is 3. The number of fused-ring (bicyclic) bond motifs is 1. The summed E-state index contributed by atoms with van der Waals surface area (Å²) >= 11 is 0. The lowest BCUT2D eigenvalue weighted by Crippen LogP contribution is -2.10. The van der Waals surface area contributed by atoms with Gasteiger partial charge < -0.3 is 10.3 Å². The van der Waals surface area contributed by atoms with E-state index in [1.165, 1.54) is 0 Å². The van der Waals surface area contributed by atoms with Gasteiger partial charge >= 0.3 is 0 Å². The minimum absolute atomic E-state index is 0.0513. The summed E-state index contributed by atoms with van der Waals surface area (Å²) in [5, 5.41) is 14.0. The van der Waals surface area contributed by atoms with E-state index in [-0.39, 0.29) is 6.04 Å². The summed E-state index contributed by atoms with van der Waals surface area (Å²) in [6.07, 6.45) is 3.55. The van der Waals surface area contributed by atoms with Crippen LogP contribution in [-0.2, 0) is 0 Å². The average molecular weight is 253 g/mol. The smallest absolute Gasteiger partial charge is 0.157 e. The van der Waals surface area contributed by atoms with Crippen molar-refractivity contribution in [2.75, 3.05) is 5.32 Å². The highest BCUT2D eigenvalue weighted by Gasteiger charge is 2.11. The summed E-state index contributed by atoms with van der Waals surface area (Å²) in [5.41, 5.74) is 0.937. The van der Waals surface area contributed by atoms with Crippen LogP contribution in [0.25, 0.3) is 10.8 Å². The fraction of sp³-hybridized carbons (Fsp3) is 0.214. The summed E-state index contributed by atoms with van der Waals surface area (Å²) < 4.78 is 0. The zero-order valence-corrected chi connectivity index (χ0v) is 10.9. The van der Waals surface area contributed by atoms with E-state index in [0.717, 1.165) is 28.1 Å². The maximum Gasteiger partial charge on any atom is 0.157 e. The molecule has 0 spiro atoms. The summed E-state index contributed by atoms with van der Waals surface area (Å²) in [5.74, 6) is 1.66. The first-order chi connectivity index (χ1) is 9.25. The van der Waals surface area contributed by atoms with Crippen LogP contribution in [-0.4, -0.2) is 20.2 Å². The molecule has 1 atom stereocenters. The van der Waals surface area contributed by atoms with Gasteiger partial charge in [0.25, 0.3) is 0 Å². The standard InChI is InChI=1S/C14H15N5/c1-9-11-5-3-4-6-12(11)14(19-18-9)17-10(2)13-15-7-8-16-13/h3-8,10H,1-2H3,(H,15,16)(H,17,19). The molecule has 2 heterocycles. The lowest BCUT2D eigenvalue weighted by Gasteiger charge is -2.14. The molecule has 5 nitrogen and oxygen atoms in total. The Bertz CT molecular complexity index is 690. The Labute approximate surface area is 111 Å². The maximum absolute atomic E-state index is 4.25. The van der Waals surface area contributed by atoms with Crippen molar-refractivity contribution in [2.45, 2.75) is 19.9 Å². The number of anilines is 1. The predicted molar refractivity (Wildman–Crippen MR) is 74.9 cm³/mol. The van der Waals surface area contributed by atoms with Gasteiger partial charge in [-0.25, -0.2) is 4.98 Å². The normalized spacial score (nSPS) is 12.5. The Balaban J connectivity index is 2.00. The van der Waals surface area contributed by atoms with E-state index in [0.29, 0.717) is 0 Å². The zero-order chi connectivity index (χ0) is 13.2. The van der Waals surface area contributed by atoms with Gasteiger partial charge in [0.05, 0.1) is 11.7 Å². The molecule has 1 unspecified atom stereocenters. The first-order valence-electron chi connectivity index (χ1n) is 6.23. The van der Waals surface area contributed by atoms with Crippen LogP contribution in [0.1, 0.15) is 24.5 Å². The molecule has 0 fully saturated rings. The summed E-state index contributed by atoms with van der Waals surface area (Å²) in [7, 11) is 0. The molecule has 0 radical (unpaired) electrons. The van der Waals surface area contributed by atoms with Gasteiger partial charge in [-0.05, 0) is 13.8 Å². The molecule has 0 amide bonds. The number of hydrogen-bond donors (Lipinski definition) is 2. The quantitative estimate of drug-likeness (QED) is 0.753. The molecule has 96 valence electrons. The second kappa shape index (κ2) is 4.68. The highest BCUT2D eigenvalue weighted by Crippen LogP contribution is 2.24. The Morgan fingerprint density at radius 1 is 1.16 bits per heavy atom. The van der Waals surface area contributed by atoms with Gasteiger partial charge in [-0.3, -0.25) is 0 Å². The van der Waals surface area contributed by atoms with Crippen molar-refractivity contribution in [1.29, 1.82) is 0 Å². The van der Waals surface area contributed by atoms with Crippen molar-refractivity contribution < 1.29 is 0 Å². The van der Waals surface area contributed by atoms with Gasteiger partial charge in [-0.2, -0.15) is 5.10 Å². The fourth-order valence-corrected chi connectivity index (χ4v) is 2.13. The molecule has 0 aliphatic heterocycles. The second-order valence-corrected chi connectivity index (χ2v) is 4.52. The van der Waals surface area contributed by atoms with E-state index >= 15 is 0 Å². The maximum atomic E-state index is 4.25. The van der Waals surface area contributed by atoms with Crippen molar-refractivity contribution in [1.82, 2.24) is 20.2 Å². The Morgan fingerprint density at radius 2 is 1.95 bits per heavy atom. The van der Waals surface area contributed by atoms with Crippen LogP contribution in [0.4, 0.5) is 5.82 Å². The SMILES string of the molecule is Cc1nnc(NC(C)c2ncc[nH]2)c2ccccc12. The van der Waals surface area contributed by atoms with E-state index in [1.54, 1.807) is 6.20 Å². The topological polar surface area (TPSA) is 66.5 Å². The molecule has 0 aliphatic rings. The summed E-state index contributed by atoms with van der Waals surface area (Å²) in [6.45, 7) is 4.00. The van der Waals surface area contributed by atoms with Crippen molar-refractivity contribution >= 4 is 16.6 Å². The number of aromatic amines is 1. The van der Waals surface area contributed by atoms with Gasteiger partial charge in [-0.1, -0.05) is 24.3 Å². The lowest BCUT2D eigenvalue weighted by atomic mass is 10.1. The van der Waals surface area contributed by atoms with E-state index < -0.39 is 0 Å². The van der Waals surface area contributed by atoms with Crippen LogP contribution in [0.15, 0.2) is 36.7 Å². The Morgan fingerprint density at radius 3 is 2.68 bits per heavy atom. The Hall–Kier alpha value is -2.43. The molecule has 19 heavy (non-hydrogen) atoms. The molecule has 2 N–H and O–H groups in total. The van der Waals surface area contributed by atoms with Gasteiger partial charge in [0, 0.05) is 23.2 Å². The first-order valence-corrected chi connectivity index (χ1v) is 6.23. The molecule has 0 saturated heterocycles. The average Bonchev–Trinajstić information content (AvgIpc) is 2.96. The molecular weight excluding hydrogens is 238 g/mol. The van der Waals surface area contributed by atoms with Gasteiger partial charge in [-0.15, -0.1) is 5.10 Å². The third kappa shape index (κ3) is 2.14. The summed E-state index contributed by atoms with van der Waals surface area (Å²) in [6, 6.07) is 8.18. The van der Waals surface area contributed by atoms with Crippen molar-refractivity contribution in [3.8, 4) is 0 Å². The molecular formula is C14H15N5. The lowest BCUT2D eigenvalue weighted by molar-refractivity contribution is 0.798. The van der Waals surface area contributed by atoms with Gasteiger partial charge in [0.15, 0.2) is 5.82 Å². The number of H-pyrrole nitrogens is 1. The summed E-state index contributed by atoms with van der Waals surface area (Å²) in [4.78, 5) is 7.34. The van der Waals surface area contributed by atoms with Crippen molar-refractivity contribution in [2.24, 2.45) is 0 Å². The number of nitrogens with one attached hydrogen (secondary N) is 2.